The average molecular weight is 361 g/mol. The molecule has 1 N–H and O–H groups in total. The summed E-state index contributed by atoms with van der Waals surface area (Å²) in [6, 6.07) is 0. The Kier molecular flexibility index (Phi) is 6.08. The van der Waals surface area contributed by atoms with E-state index in [1.807, 2.05) is 0 Å². The van der Waals surface area contributed by atoms with Crippen molar-refractivity contribution in [3.63, 3.8) is 0 Å². The van der Waals surface area contributed by atoms with Crippen LogP contribution >= 0.6 is 7.92 Å². The van der Waals surface area contributed by atoms with E-state index in [1.165, 1.54) is 64.2 Å². The number of hydrogen-bond donors (Lipinski definition) is 1. The summed E-state index contributed by atoms with van der Waals surface area (Å²) in [6.45, 7) is 0. The SMILES string of the molecule is O=S(=O)(O)C1(P(C2CCCCC2)C2CCCCC2)CCCCC1. The highest BCUT2D eigenvalue weighted by atomic mass is 32.2. The molecule has 0 aromatic heterocycles. The van der Waals surface area contributed by atoms with E-state index in [9.17, 15) is 13.0 Å². The molecule has 0 bridgehead atoms. The number of hydrogen-bond acceptors (Lipinski definition) is 2. The van der Waals surface area contributed by atoms with Gasteiger partial charge in [0.15, 0.2) is 0 Å². The summed E-state index contributed by atoms with van der Waals surface area (Å²) in [7, 11) is -4.58. The Morgan fingerprint density at radius 2 is 1.09 bits per heavy atom. The third-order valence-corrected chi connectivity index (χ3v) is 13.2. The molecular formula is C18H33O3PS. The van der Waals surface area contributed by atoms with Crippen molar-refractivity contribution in [3.8, 4) is 0 Å². The molecule has 0 saturated heterocycles. The van der Waals surface area contributed by atoms with Crippen LogP contribution in [-0.4, -0.2) is 28.8 Å². The molecule has 0 aromatic carbocycles. The van der Waals surface area contributed by atoms with Crippen LogP contribution in [0.2, 0.25) is 0 Å². The van der Waals surface area contributed by atoms with Crippen molar-refractivity contribution >= 4 is 18.0 Å². The van der Waals surface area contributed by atoms with Gasteiger partial charge in [-0.2, -0.15) is 8.42 Å². The van der Waals surface area contributed by atoms with Crippen LogP contribution in [0.4, 0.5) is 0 Å². The van der Waals surface area contributed by atoms with E-state index in [2.05, 4.69) is 0 Å². The molecule has 0 heterocycles. The summed E-state index contributed by atoms with van der Waals surface area (Å²) in [6.07, 6.45) is 17.1. The zero-order valence-corrected chi connectivity index (χ0v) is 16.1. The second kappa shape index (κ2) is 7.70. The zero-order valence-electron chi connectivity index (χ0n) is 14.4. The molecular weight excluding hydrogens is 327 g/mol. The van der Waals surface area contributed by atoms with Gasteiger partial charge in [0.05, 0.1) is 0 Å². The molecule has 0 aromatic rings. The second-order valence-electron chi connectivity index (χ2n) is 7.97. The topological polar surface area (TPSA) is 54.4 Å². The maximum Gasteiger partial charge on any atom is 0.274 e. The molecule has 3 fully saturated rings. The second-order valence-corrected chi connectivity index (χ2v) is 13.1. The van der Waals surface area contributed by atoms with Crippen molar-refractivity contribution in [1.82, 2.24) is 0 Å². The van der Waals surface area contributed by atoms with Gasteiger partial charge in [-0.05, 0) is 49.8 Å². The Bertz CT molecular complexity index is 454. The number of rotatable bonds is 4. The van der Waals surface area contributed by atoms with Crippen LogP contribution in [0.1, 0.15) is 96.3 Å². The van der Waals surface area contributed by atoms with E-state index >= 15 is 0 Å². The predicted octanol–water partition coefficient (Wildman–Crippen LogP) is 5.68. The summed E-state index contributed by atoms with van der Waals surface area (Å²) in [5, 5.41) is 0. The van der Waals surface area contributed by atoms with Crippen molar-refractivity contribution in [3.05, 3.63) is 0 Å². The monoisotopic (exact) mass is 360 g/mol. The third kappa shape index (κ3) is 3.80. The molecule has 0 radical (unpaired) electrons. The Labute approximate surface area is 143 Å². The Hall–Kier alpha value is 0.340. The first-order chi connectivity index (χ1) is 11.0. The lowest BCUT2D eigenvalue weighted by Gasteiger charge is -2.50. The van der Waals surface area contributed by atoms with Crippen molar-refractivity contribution < 1.29 is 13.0 Å². The minimum Gasteiger partial charge on any atom is -0.285 e. The molecule has 0 spiro atoms. The maximum atomic E-state index is 12.6. The molecule has 3 rings (SSSR count). The van der Waals surface area contributed by atoms with Crippen LogP contribution in [0.5, 0.6) is 0 Å². The summed E-state index contributed by atoms with van der Waals surface area (Å²) >= 11 is 0. The Morgan fingerprint density at radius 3 is 1.48 bits per heavy atom. The van der Waals surface area contributed by atoms with Crippen LogP contribution in [0, 0.1) is 0 Å². The van der Waals surface area contributed by atoms with Gasteiger partial charge in [0.2, 0.25) is 0 Å². The quantitative estimate of drug-likeness (QED) is 0.518. The standard InChI is InChI=1S/C18H33O3PS/c19-23(20,21)18(14-8-3-9-15-18)22(16-10-4-1-5-11-16)17-12-6-2-7-13-17/h16-17H,1-15H2,(H,19,20,21). The van der Waals surface area contributed by atoms with Gasteiger partial charge in [-0.15, -0.1) is 0 Å². The molecule has 0 amide bonds. The largest absolute Gasteiger partial charge is 0.285 e. The average Bonchev–Trinajstić information content (AvgIpc) is 2.57. The lowest BCUT2D eigenvalue weighted by molar-refractivity contribution is 0.393. The van der Waals surface area contributed by atoms with Gasteiger partial charge >= 0.3 is 0 Å². The fourth-order valence-electron chi connectivity index (χ4n) is 5.44. The molecule has 3 aliphatic rings. The van der Waals surface area contributed by atoms with Gasteiger partial charge in [0.1, 0.15) is 4.49 Å². The van der Waals surface area contributed by atoms with E-state index in [-0.39, 0.29) is 0 Å². The first-order valence-electron chi connectivity index (χ1n) is 9.80. The van der Waals surface area contributed by atoms with Gasteiger partial charge in [-0.25, -0.2) is 0 Å². The normalized spacial score (nSPS) is 28.1. The van der Waals surface area contributed by atoms with Crippen molar-refractivity contribution in [2.45, 2.75) is 112 Å². The third-order valence-electron chi connectivity index (χ3n) is 6.52. The molecule has 5 heteroatoms. The molecule has 3 saturated carbocycles. The van der Waals surface area contributed by atoms with E-state index < -0.39 is 22.5 Å². The molecule has 134 valence electrons. The van der Waals surface area contributed by atoms with Crippen molar-refractivity contribution in [1.29, 1.82) is 0 Å². The van der Waals surface area contributed by atoms with Crippen molar-refractivity contribution in [2.75, 3.05) is 0 Å². The van der Waals surface area contributed by atoms with Crippen molar-refractivity contribution in [2.24, 2.45) is 0 Å². The van der Waals surface area contributed by atoms with Gasteiger partial charge in [0, 0.05) is 0 Å². The molecule has 3 aliphatic carbocycles. The fourth-order valence-corrected chi connectivity index (χ4v) is 12.8. The zero-order chi connectivity index (χ0) is 16.3. The predicted molar refractivity (Wildman–Crippen MR) is 98.0 cm³/mol. The van der Waals surface area contributed by atoms with Crippen LogP contribution in [0.3, 0.4) is 0 Å². The van der Waals surface area contributed by atoms with E-state index in [4.69, 9.17) is 0 Å². The first kappa shape index (κ1) is 18.1. The molecule has 3 nitrogen and oxygen atoms in total. The lowest BCUT2D eigenvalue weighted by Crippen LogP contribution is -2.44. The highest BCUT2D eigenvalue weighted by Gasteiger charge is 2.54. The van der Waals surface area contributed by atoms with Gasteiger partial charge < -0.3 is 0 Å². The summed E-state index contributed by atoms with van der Waals surface area (Å²) in [5.41, 5.74) is 1.17. The van der Waals surface area contributed by atoms with Crippen LogP contribution in [0.15, 0.2) is 0 Å². The van der Waals surface area contributed by atoms with Crippen LogP contribution in [0.25, 0.3) is 0 Å². The molecule has 0 unspecified atom stereocenters. The van der Waals surface area contributed by atoms with E-state index in [1.54, 1.807) is 0 Å². The van der Waals surface area contributed by atoms with Gasteiger partial charge in [-0.1, -0.05) is 65.7 Å². The minimum absolute atomic E-state index is 0.585. The van der Waals surface area contributed by atoms with Gasteiger partial charge in [0.25, 0.3) is 10.1 Å². The summed E-state index contributed by atoms with van der Waals surface area (Å²) in [4.78, 5) is 0. The smallest absolute Gasteiger partial charge is 0.274 e. The minimum atomic E-state index is -3.96. The van der Waals surface area contributed by atoms with Gasteiger partial charge in [-0.3, -0.25) is 4.55 Å². The van der Waals surface area contributed by atoms with E-state index in [0.717, 1.165) is 32.1 Å². The maximum absolute atomic E-state index is 12.6. The fraction of sp³-hybridized carbons (Fsp3) is 1.00. The first-order valence-corrected chi connectivity index (χ1v) is 12.7. The van der Waals surface area contributed by atoms with Crippen LogP contribution in [-0.2, 0) is 10.1 Å². The molecule has 23 heavy (non-hydrogen) atoms. The lowest BCUT2D eigenvalue weighted by atomic mass is 9.98. The summed E-state index contributed by atoms with van der Waals surface area (Å²) in [5.74, 6) is 0. The van der Waals surface area contributed by atoms with Crippen LogP contribution < -0.4 is 0 Å². The Balaban J connectivity index is 1.96. The van der Waals surface area contributed by atoms with E-state index in [0.29, 0.717) is 11.3 Å². The highest BCUT2D eigenvalue weighted by molar-refractivity contribution is 7.96. The highest BCUT2D eigenvalue weighted by Crippen LogP contribution is 2.69. The Morgan fingerprint density at radius 1 is 0.696 bits per heavy atom. The molecule has 0 atom stereocenters. The molecule has 0 aliphatic heterocycles. The summed E-state index contributed by atoms with van der Waals surface area (Å²) < 4.78 is 34.8.